The summed E-state index contributed by atoms with van der Waals surface area (Å²) in [7, 11) is 0. The second-order valence-electron chi connectivity index (χ2n) is 7.38. The van der Waals surface area contributed by atoms with Crippen LogP contribution in [0.5, 0.6) is 5.75 Å². The van der Waals surface area contributed by atoms with Gasteiger partial charge in [0.15, 0.2) is 0 Å². The molecule has 6 N–H and O–H groups in total. The van der Waals surface area contributed by atoms with E-state index in [0.29, 0.717) is 29.6 Å². The summed E-state index contributed by atoms with van der Waals surface area (Å²) in [4.78, 5) is 8.04. The fourth-order valence-corrected chi connectivity index (χ4v) is 3.44. The van der Waals surface area contributed by atoms with Crippen LogP contribution in [0.4, 0.5) is 17.2 Å². The Balaban J connectivity index is 0.000000172. The van der Waals surface area contributed by atoms with Crippen molar-refractivity contribution in [3.8, 4) is 17.8 Å². The molecule has 168 valence electrons. The first-order chi connectivity index (χ1) is 16.6. The van der Waals surface area contributed by atoms with Gasteiger partial charge in [0.2, 0.25) is 5.95 Å². The van der Waals surface area contributed by atoms with Crippen LogP contribution in [-0.2, 0) is 6.54 Å². The van der Waals surface area contributed by atoms with Crippen LogP contribution >= 0.6 is 0 Å². The van der Waals surface area contributed by atoms with Gasteiger partial charge in [0.25, 0.3) is 0 Å². The number of aromatic nitrogens is 3. The first-order valence-corrected chi connectivity index (χ1v) is 10.5. The number of nitrogens with zero attached hydrogens (tertiary/aromatic N) is 4. The largest absolute Gasteiger partial charge is 0.505 e. The predicted molar refractivity (Wildman–Crippen MR) is 134 cm³/mol. The zero-order valence-electron chi connectivity index (χ0n) is 18.3. The van der Waals surface area contributed by atoms with Crippen LogP contribution < -0.4 is 16.8 Å². The molecule has 2 aromatic heterocycles. The van der Waals surface area contributed by atoms with E-state index in [-0.39, 0.29) is 5.75 Å². The van der Waals surface area contributed by atoms with Gasteiger partial charge in [0.05, 0.1) is 11.3 Å². The van der Waals surface area contributed by atoms with Gasteiger partial charge in [-0.25, -0.2) is 9.97 Å². The maximum Gasteiger partial charge on any atom is 0.235 e. The molecule has 0 saturated heterocycles. The van der Waals surface area contributed by atoms with Gasteiger partial charge in [-0.05, 0) is 35.7 Å². The minimum atomic E-state index is 0.159. The lowest BCUT2D eigenvalue weighted by Gasteiger charge is -2.12. The number of fused-ring (bicyclic) bond motifs is 1. The first-order valence-electron chi connectivity index (χ1n) is 10.5. The number of nitriles is 1. The van der Waals surface area contributed by atoms with Crippen molar-refractivity contribution in [2.24, 2.45) is 0 Å². The van der Waals surface area contributed by atoms with E-state index < -0.39 is 0 Å². The Morgan fingerprint density at radius 3 is 2.35 bits per heavy atom. The zero-order chi connectivity index (χ0) is 23.9. The number of nitrogens with one attached hydrogen (secondary N) is 1. The number of rotatable bonds is 4. The Labute approximate surface area is 196 Å². The normalized spacial score (nSPS) is 10.2. The van der Waals surface area contributed by atoms with Gasteiger partial charge < -0.3 is 21.9 Å². The van der Waals surface area contributed by atoms with Gasteiger partial charge in [0.1, 0.15) is 17.6 Å². The van der Waals surface area contributed by atoms with Crippen molar-refractivity contribution in [2.75, 3.05) is 16.8 Å². The minimum Gasteiger partial charge on any atom is -0.505 e. The number of phenols is 1. The summed E-state index contributed by atoms with van der Waals surface area (Å²) in [6.07, 6.45) is 4.91. The standard InChI is InChI=1S/C17H16N2O.C9H7N5/c18-16-15-9-5-4-6-12(15)10-13(17(16)20)11-19-14-7-2-1-3-8-14;10-6-7-2-5-14(8(7)11)9-12-3-1-4-13-9/h1-10,19-20H,11,18H2;1-5H,11H2. The SMILES string of the molecule is N#Cc1ccn(-c2ncccn2)c1N.Nc1c(O)c(CNc2ccccc2)cc2ccccc12. The van der Waals surface area contributed by atoms with Gasteiger partial charge in [0, 0.05) is 41.8 Å². The topological polar surface area (TPSA) is 139 Å². The van der Waals surface area contributed by atoms with Crippen molar-refractivity contribution in [2.45, 2.75) is 6.54 Å². The monoisotopic (exact) mass is 449 g/mol. The molecule has 5 rings (SSSR count). The quantitative estimate of drug-likeness (QED) is 0.235. The molecule has 0 unspecified atom stereocenters. The van der Waals surface area contributed by atoms with Gasteiger partial charge >= 0.3 is 0 Å². The van der Waals surface area contributed by atoms with Crippen molar-refractivity contribution >= 4 is 28.0 Å². The Morgan fingerprint density at radius 1 is 0.941 bits per heavy atom. The van der Waals surface area contributed by atoms with Crippen molar-refractivity contribution in [3.05, 3.63) is 103 Å². The van der Waals surface area contributed by atoms with Crippen LogP contribution in [0.25, 0.3) is 16.7 Å². The smallest absolute Gasteiger partial charge is 0.235 e. The van der Waals surface area contributed by atoms with Gasteiger partial charge in [-0.3, -0.25) is 4.57 Å². The molecule has 0 saturated carbocycles. The highest BCUT2D eigenvalue weighted by atomic mass is 16.3. The number of aromatic hydroxyl groups is 1. The average Bonchev–Trinajstić information content (AvgIpc) is 3.27. The minimum absolute atomic E-state index is 0.159. The van der Waals surface area contributed by atoms with Crippen LogP contribution in [0.1, 0.15) is 11.1 Å². The van der Waals surface area contributed by atoms with Crippen LogP contribution in [0.15, 0.2) is 91.4 Å². The molecule has 0 atom stereocenters. The fourth-order valence-electron chi connectivity index (χ4n) is 3.44. The summed E-state index contributed by atoms with van der Waals surface area (Å²) in [5, 5.41) is 24.1. The predicted octanol–water partition coefficient (Wildman–Crippen LogP) is 4.46. The third kappa shape index (κ3) is 4.74. The molecule has 2 heterocycles. The Morgan fingerprint density at radius 2 is 1.65 bits per heavy atom. The second kappa shape index (κ2) is 10.1. The van der Waals surface area contributed by atoms with E-state index in [1.807, 2.05) is 66.7 Å². The maximum atomic E-state index is 10.2. The molecular weight excluding hydrogens is 426 g/mol. The molecule has 8 heteroatoms. The van der Waals surface area contributed by atoms with Crippen LogP contribution in [-0.4, -0.2) is 19.6 Å². The van der Waals surface area contributed by atoms with E-state index in [4.69, 9.17) is 16.7 Å². The Kier molecular flexibility index (Phi) is 6.56. The number of hydrogen-bond donors (Lipinski definition) is 4. The lowest BCUT2D eigenvalue weighted by Crippen LogP contribution is -2.03. The fraction of sp³-hybridized carbons (Fsp3) is 0.0385. The molecule has 0 spiro atoms. The highest BCUT2D eigenvalue weighted by molar-refractivity contribution is 5.96. The van der Waals surface area contributed by atoms with E-state index >= 15 is 0 Å². The Bertz CT molecular complexity index is 1440. The van der Waals surface area contributed by atoms with Gasteiger partial charge in [-0.1, -0.05) is 42.5 Å². The number of anilines is 3. The summed E-state index contributed by atoms with van der Waals surface area (Å²) in [5.74, 6) is 0.984. The number of nitrogen functional groups attached to an aromatic ring is 2. The summed E-state index contributed by atoms with van der Waals surface area (Å²) in [5.41, 5.74) is 14.4. The van der Waals surface area contributed by atoms with Crippen molar-refractivity contribution in [1.82, 2.24) is 14.5 Å². The zero-order valence-corrected chi connectivity index (χ0v) is 18.3. The number of benzene rings is 3. The van der Waals surface area contributed by atoms with Crippen LogP contribution in [0.3, 0.4) is 0 Å². The lowest BCUT2D eigenvalue weighted by molar-refractivity contribution is 0.472. The molecule has 0 aliphatic heterocycles. The van der Waals surface area contributed by atoms with Gasteiger partial charge in [-0.2, -0.15) is 5.26 Å². The van der Waals surface area contributed by atoms with Crippen molar-refractivity contribution < 1.29 is 5.11 Å². The van der Waals surface area contributed by atoms with E-state index in [9.17, 15) is 5.11 Å². The molecule has 0 fully saturated rings. The molecule has 0 bridgehead atoms. The highest BCUT2D eigenvalue weighted by Crippen LogP contribution is 2.33. The molecule has 0 radical (unpaired) electrons. The van der Waals surface area contributed by atoms with Gasteiger partial charge in [-0.15, -0.1) is 0 Å². The third-order valence-electron chi connectivity index (χ3n) is 5.21. The molecule has 0 aliphatic carbocycles. The molecule has 5 aromatic rings. The van der Waals surface area contributed by atoms with E-state index in [0.717, 1.165) is 22.0 Å². The first kappa shape index (κ1) is 22.2. The van der Waals surface area contributed by atoms with Crippen LogP contribution in [0, 0.1) is 11.3 Å². The summed E-state index contributed by atoms with van der Waals surface area (Å²) in [6, 6.07) is 25.0. The van der Waals surface area contributed by atoms with E-state index in [1.54, 1.807) is 35.3 Å². The highest BCUT2D eigenvalue weighted by Gasteiger charge is 2.10. The number of phenolic OH excluding ortho intramolecular Hbond substituents is 1. The molecule has 8 nitrogen and oxygen atoms in total. The molecular formula is C26H23N7O. The van der Waals surface area contributed by atoms with Crippen LogP contribution in [0.2, 0.25) is 0 Å². The molecule has 0 amide bonds. The van der Waals surface area contributed by atoms with E-state index in [1.165, 1.54) is 0 Å². The average molecular weight is 450 g/mol. The van der Waals surface area contributed by atoms with Crippen molar-refractivity contribution in [1.29, 1.82) is 5.26 Å². The Hall–Kier alpha value is -5.03. The molecule has 0 aliphatic rings. The second-order valence-corrected chi connectivity index (χ2v) is 7.38. The third-order valence-corrected chi connectivity index (χ3v) is 5.21. The number of para-hydroxylation sites is 1. The maximum absolute atomic E-state index is 10.2. The molecule has 3 aromatic carbocycles. The van der Waals surface area contributed by atoms with Crippen molar-refractivity contribution in [3.63, 3.8) is 0 Å². The summed E-state index contributed by atoms with van der Waals surface area (Å²) in [6.45, 7) is 0.533. The summed E-state index contributed by atoms with van der Waals surface area (Å²) < 4.78 is 1.57. The lowest BCUT2D eigenvalue weighted by atomic mass is 10.0. The number of nitrogens with two attached hydrogens (primary N) is 2. The summed E-state index contributed by atoms with van der Waals surface area (Å²) >= 11 is 0. The molecule has 34 heavy (non-hydrogen) atoms. The van der Waals surface area contributed by atoms with E-state index in [2.05, 4.69) is 15.3 Å². The number of hydrogen-bond acceptors (Lipinski definition) is 7.